The minimum absolute atomic E-state index is 0.108. The van der Waals surface area contributed by atoms with E-state index in [4.69, 9.17) is 5.11 Å². The summed E-state index contributed by atoms with van der Waals surface area (Å²) in [6.07, 6.45) is 11.1. The van der Waals surface area contributed by atoms with Gasteiger partial charge in [-0.2, -0.15) is 0 Å². The van der Waals surface area contributed by atoms with E-state index in [0.717, 1.165) is 31.9 Å². The highest BCUT2D eigenvalue weighted by Crippen LogP contribution is 2.09. The molecule has 0 spiro atoms. The van der Waals surface area contributed by atoms with Crippen molar-refractivity contribution in [1.82, 2.24) is 0 Å². The molecule has 0 heterocycles. The Morgan fingerprint density at radius 3 is 2.33 bits per heavy atom. The summed E-state index contributed by atoms with van der Waals surface area (Å²) in [4.78, 5) is 10.8. The predicted octanol–water partition coefficient (Wildman–Crippen LogP) is 3.35. The number of esters is 1. The fraction of sp³-hybridized carbons (Fsp3) is 0.750. The third-order valence-electron chi connectivity index (χ3n) is 2.33. The third-order valence-corrected chi connectivity index (χ3v) is 2.33. The summed E-state index contributed by atoms with van der Waals surface area (Å²) >= 11 is 0. The maximum atomic E-state index is 10.8. The van der Waals surface area contributed by atoms with Gasteiger partial charge in [0, 0.05) is 6.42 Å². The highest BCUT2D eigenvalue weighted by molar-refractivity contribution is 5.68. The second-order valence-electron chi connectivity index (χ2n) is 3.62. The normalized spacial score (nSPS) is 10.7. The van der Waals surface area contributed by atoms with Gasteiger partial charge in [0.25, 0.3) is 0 Å². The number of carbonyl (C=O) groups is 1. The lowest BCUT2D eigenvalue weighted by Crippen LogP contribution is -1.99. The molecule has 3 heteroatoms. The van der Waals surface area contributed by atoms with Crippen LogP contribution in [0.4, 0.5) is 0 Å². The first kappa shape index (κ1) is 14.0. The summed E-state index contributed by atoms with van der Waals surface area (Å²) in [5.41, 5.74) is 0. The number of hydrogen-bond donors (Lipinski definition) is 1. The minimum atomic E-state index is -0.108. The Kier molecular flexibility index (Phi) is 10.4. The molecule has 0 radical (unpaired) electrons. The van der Waals surface area contributed by atoms with Crippen LogP contribution in [0, 0.1) is 0 Å². The van der Waals surface area contributed by atoms with Crippen LogP contribution in [0.3, 0.4) is 0 Å². The molecule has 0 rings (SSSR count). The van der Waals surface area contributed by atoms with Crippen molar-refractivity contribution in [1.29, 1.82) is 0 Å². The Morgan fingerprint density at radius 2 is 1.73 bits per heavy atom. The van der Waals surface area contributed by atoms with E-state index in [-0.39, 0.29) is 5.97 Å². The molecule has 3 nitrogen and oxygen atoms in total. The molecule has 0 atom stereocenters. The second kappa shape index (κ2) is 11.1. The van der Waals surface area contributed by atoms with Gasteiger partial charge in [-0.1, -0.05) is 31.8 Å². The standard InChI is InChI=1S/C12H22O3/c1-15-12(14)10-8-6-4-2-3-5-7-9-11-13/h9,11,13H,2-8,10H2,1H3/b11-9+. The van der Waals surface area contributed by atoms with Crippen LogP contribution < -0.4 is 0 Å². The predicted molar refractivity (Wildman–Crippen MR) is 60.7 cm³/mol. The Balaban J connectivity index is 3.02. The number of carbonyl (C=O) groups excluding carboxylic acids is 1. The van der Waals surface area contributed by atoms with Crippen LogP contribution in [0.1, 0.15) is 51.4 Å². The van der Waals surface area contributed by atoms with Crippen molar-refractivity contribution in [2.45, 2.75) is 51.4 Å². The maximum absolute atomic E-state index is 10.8. The monoisotopic (exact) mass is 214 g/mol. The van der Waals surface area contributed by atoms with Gasteiger partial charge in [0.1, 0.15) is 0 Å². The minimum Gasteiger partial charge on any atom is -0.516 e. The molecule has 0 bridgehead atoms. The summed E-state index contributed by atoms with van der Waals surface area (Å²) in [6.45, 7) is 0. The van der Waals surface area contributed by atoms with Gasteiger partial charge in [-0.15, -0.1) is 0 Å². The van der Waals surface area contributed by atoms with E-state index in [2.05, 4.69) is 4.74 Å². The van der Waals surface area contributed by atoms with E-state index in [1.807, 2.05) is 0 Å². The first-order chi connectivity index (χ1) is 7.31. The molecule has 88 valence electrons. The Labute approximate surface area is 92.1 Å². The van der Waals surface area contributed by atoms with Crippen molar-refractivity contribution in [3.05, 3.63) is 12.3 Å². The van der Waals surface area contributed by atoms with Crippen molar-refractivity contribution in [3.8, 4) is 0 Å². The molecular formula is C12H22O3. The van der Waals surface area contributed by atoms with E-state index in [0.29, 0.717) is 6.42 Å². The zero-order valence-corrected chi connectivity index (χ0v) is 9.58. The van der Waals surface area contributed by atoms with Gasteiger partial charge in [-0.25, -0.2) is 0 Å². The Bertz CT molecular complexity index is 176. The number of methoxy groups -OCH3 is 1. The molecule has 1 N–H and O–H groups in total. The molecule has 0 saturated heterocycles. The molecule has 0 saturated carbocycles. The van der Waals surface area contributed by atoms with E-state index < -0.39 is 0 Å². The number of allylic oxidation sites excluding steroid dienone is 1. The molecule has 0 aromatic rings. The van der Waals surface area contributed by atoms with Gasteiger partial charge in [0.05, 0.1) is 13.4 Å². The smallest absolute Gasteiger partial charge is 0.305 e. The number of ether oxygens (including phenoxy) is 1. The summed E-state index contributed by atoms with van der Waals surface area (Å²) in [6, 6.07) is 0. The van der Waals surface area contributed by atoms with Crippen LogP contribution in [-0.2, 0) is 9.53 Å². The van der Waals surface area contributed by atoms with Gasteiger partial charge < -0.3 is 9.84 Å². The van der Waals surface area contributed by atoms with Crippen LogP contribution in [0.25, 0.3) is 0 Å². The number of aliphatic hydroxyl groups is 1. The van der Waals surface area contributed by atoms with Crippen molar-refractivity contribution < 1.29 is 14.6 Å². The molecule has 0 aliphatic carbocycles. The van der Waals surface area contributed by atoms with Gasteiger partial charge in [0.2, 0.25) is 0 Å². The van der Waals surface area contributed by atoms with Gasteiger partial charge in [-0.05, 0) is 19.3 Å². The van der Waals surface area contributed by atoms with Crippen LogP contribution in [-0.4, -0.2) is 18.2 Å². The molecule has 0 unspecified atom stereocenters. The van der Waals surface area contributed by atoms with Gasteiger partial charge >= 0.3 is 5.97 Å². The van der Waals surface area contributed by atoms with Crippen LogP contribution in [0.5, 0.6) is 0 Å². The van der Waals surface area contributed by atoms with E-state index >= 15 is 0 Å². The van der Waals surface area contributed by atoms with E-state index in [9.17, 15) is 4.79 Å². The average Bonchev–Trinajstić information content (AvgIpc) is 2.26. The number of aliphatic hydroxyl groups excluding tert-OH is 1. The van der Waals surface area contributed by atoms with Gasteiger partial charge in [-0.3, -0.25) is 4.79 Å². The highest BCUT2D eigenvalue weighted by Gasteiger charge is 1.98. The molecule has 15 heavy (non-hydrogen) atoms. The molecule has 0 fully saturated rings. The lowest BCUT2D eigenvalue weighted by atomic mass is 10.1. The zero-order valence-electron chi connectivity index (χ0n) is 9.58. The molecule has 0 aromatic heterocycles. The van der Waals surface area contributed by atoms with Crippen molar-refractivity contribution in [2.24, 2.45) is 0 Å². The topological polar surface area (TPSA) is 46.5 Å². The average molecular weight is 214 g/mol. The van der Waals surface area contributed by atoms with Crippen molar-refractivity contribution in [2.75, 3.05) is 7.11 Å². The zero-order chi connectivity index (χ0) is 11.4. The van der Waals surface area contributed by atoms with E-state index in [1.165, 1.54) is 26.4 Å². The molecule has 0 amide bonds. The number of unbranched alkanes of at least 4 members (excludes halogenated alkanes) is 6. The first-order valence-corrected chi connectivity index (χ1v) is 5.67. The summed E-state index contributed by atoms with van der Waals surface area (Å²) in [5, 5.41) is 8.39. The maximum Gasteiger partial charge on any atom is 0.305 e. The summed E-state index contributed by atoms with van der Waals surface area (Å²) in [7, 11) is 1.43. The molecular weight excluding hydrogens is 192 g/mol. The fourth-order valence-electron chi connectivity index (χ4n) is 1.42. The molecule has 0 aliphatic heterocycles. The SMILES string of the molecule is COC(=O)CCCCCCCC/C=C/O. The highest BCUT2D eigenvalue weighted by atomic mass is 16.5. The largest absolute Gasteiger partial charge is 0.516 e. The first-order valence-electron chi connectivity index (χ1n) is 5.67. The lowest BCUT2D eigenvalue weighted by molar-refractivity contribution is -0.140. The van der Waals surface area contributed by atoms with E-state index in [1.54, 1.807) is 6.08 Å². The van der Waals surface area contributed by atoms with Crippen LogP contribution in [0.2, 0.25) is 0 Å². The Hall–Kier alpha value is -0.990. The second-order valence-corrected chi connectivity index (χ2v) is 3.62. The Morgan fingerprint density at radius 1 is 1.13 bits per heavy atom. The van der Waals surface area contributed by atoms with Crippen molar-refractivity contribution in [3.63, 3.8) is 0 Å². The van der Waals surface area contributed by atoms with Crippen molar-refractivity contribution >= 4 is 5.97 Å². The number of rotatable bonds is 9. The van der Waals surface area contributed by atoms with Crippen LogP contribution >= 0.6 is 0 Å². The van der Waals surface area contributed by atoms with Gasteiger partial charge in [0.15, 0.2) is 0 Å². The molecule has 0 aliphatic rings. The molecule has 0 aromatic carbocycles. The lowest BCUT2D eigenvalue weighted by Gasteiger charge is -2.00. The summed E-state index contributed by atoms with van der Waals surface area (Å²) < 4.78 is 4.55. The quantitative estimate of drug-likeness (QED) is 0.364. The summed E-state index contributed by atoms with van der Waals surface area (Å²) in [5.74, 6) is -0.108. The van der Waals surface area contributed by atoms with Crippen LogP contribution in [0.15, 0.2) is 12.3 Å². The third kappa shape index (κ3) is 10.9. The fourth-order valence-corrected chi connectivity index (χ4v) is 1.42. The number of hydrogen-bond acceptors (Lipinski definition) is 3.